The van der Waals surface area contributed by atoms with Crippen molar-refractivity contribution in [2.24, 2.45) is 0 Å². The average molecular weight is 322 g/mol. The van der Waals surface area contributed by atoms with Crippen LogP contribution in [0.25, 0.3) is 6.08 Å². The number of hydrogen-bond donors (Lipinski definition) is 0. The van der Waals surface area contributed by atoms with Gasteiger partial charge in [-0.05, 0) is 35.4 Å². The number of hydrogen-bond acceptors (Lipinski definition) is 5. The molecule has 0 bridgehead atoms. The topological polar surface area (TPSA) is 54.0 Å². The largest absolute Gasteiger partial charge is 0.493 e. The highest BCUT2D eigenvalue weighted by Crippen LogP contribution is 2.40. The van der Waals surface area contributed by atoms with Gasteiger partial charge in [0, 0.05) is 18.1 Å². The van der Waals surface area contributed by atoms with Gasteiger partial charge in [0.2, 0.25) is 6.79 Å². The number of Topliss-reactive ketones (excluding diaryl/α,β-unsaturated/α-hetero) is 1. The summed E-state index contributed by atoms with van der Waals surface area (Å²) in [5, 5.41) is 0. The smallest absolute Gasteiger partial charge is 0.231 e. The van der Waals surface area contributed by atoms with Crippen molar-refractivity contribution in [3.63, 3.8) is 0 Å². The first-order valence-corrected chi connectivity index (χ1v) is 7.85. The van der Waals surface area contributed by atoms with E-state index in [4.69, 9.17) is 18.9 Å². The fraction of sp³-hybridized carbons (Fsp3) is 0.211. The zero-order valence-corrected chi connectivity index (χ0v) is 12.8. The van der Waals surface area contributed by atoms with E-state index in [9.17, 15) is 4.79 Å². The van der Waals surface area contributed by atoms with Crippen LogP contribution in [0.15, 0.2) is 35.9 Å². The third-order valence-electron chi connectivity index (χ3n) is 4.45. The molecule has 5 rings (SSSR count). The lowest BCUT2D eigenvalue weighted by molar-refractivity contribution is 0.100. The van der Waals surface area contributed by atoms with Crippen LogP contribution >= 0.6 is 0 Å². The Morgan fingerprint density at radius 3 is 2.67 bits per heavy atom. The molecule has 3 aliphatic rings. The summed E-state index contributed by atoms with van der Waals surface area (Å²) < 4.78 is 21.9. The Morgan fingerprint density at radius 1 is 0.875 bits per heavy atom. The fourth-order valence-corrected chi connectivity index (χ4v) is 3.22. The Morgan fingerprint density at radius 2 is 1.75 bits per heavy atom. The molecule has 0 fully saturated rings. The first-order chi connectivity index (χ1) is 11.8. The molecule has 0 radical (unpaired) electrons. The number of rotatable bonds is 1. The standard InChI is InChI=1S/C19H14O5/c20-19-13(6-11-1-2-15-12(5-11)3-4-21-15)9-22-16-8-18-17(7-14(16)19)23-10-24-18/h1-2,5-8H,3-4,9-10H2/b13-6+. The van der Waals surface area contributed by atoms with Crippen molar-refractivity contribution in [2.75, 3.05) is 20.0 Å². The van der Waals surface area contributed by atoms with E-state index in [1.165, 1.54) is 5.56 Å². The molecule has 0 atom stereocenters. The van der Waals surface area contributed by atoms with Crippen molar-refractivity contribution >= 4 is 11.9 Å². The molecule has 3 heterocycles. The zero-order valence-electron chi connectivity index (χ0n) is 12.8. The quantitative estimate of drug-likeness (QED) is 0.756. The van der Waals surface area contributed by atoms with Crippen LogP contribution in [0.3, 0.4) is 0 Å². The Balaban J connectivity index is 1.51. The molecule has 0 spiro atoms. The Bertz CT molecular complexity index is 897. The number of ketones is 1. The van der Waals surface area contributed by atoms with Crippen LogP contribution in [-0.4, -0.2) is 25.8 Å². The van der Waals surface area contributed by atoms with E-state index in [1.807, 2.05) is 18.2 Å². The second-order valence-corrected chi connectivity index (χ2v) is 5.95. The first kappa shape index (κ1) is 13.5. The molecular weight excluding hydrogens is 308 g/mol. The molecule has 120 valence electrons. The van der Waals surface area contributed by atoms with E-state index >= 15 is 0 Å². The van der Waals surface area contributed by atoms with Crippen molar-refractivity contribution < 1.29 is 23.7 Å². The van der Waals surface area contributed by atoms with Crippen LogP contribution in [0.1, 0.15) is 21.5 Å². The van der Waals surface area contributed by atoms with Crippen molar-refractivity contribution in [2.45, 2.75) is 6.42 Å². The molecule has 0 amide bonds. The molecule has 0 unspecified atom stereocenters. The molecular formula is C19H14O5. The van der Waals surface area contributed by atoms with Gasteiger partial charge >= 0.3 is 0 Å². The molecule has 0 N–H and O–H groups in total. The van der Waals surface area contributed by atoms with E-state index in [-0.39, 0.29) is 19.2 Å². The summed E-state index contributed by atoms with van der Waals surface area (Å²) in [5.41, 5.74) is 3.30. The third kappa shape index (κ3) is 2.05. The fourth-order valence-electron chi connectivity index (χ4n) is 3.22. The maximum Gasteiger partial charge on any atom is 0.231 e. The highest BCUT2D eigenvalue weighted by molar-refractivity contribution is 6.14. The normalized spacial score (nSPS) is 18.8. The lowest BCUT2D eigenvalue weighted by atomic mass is 9.97. The molecule has 0 saturated heterocycles. The summed E-state index contributed by atoms with van der Waals surface area (Å²) in [5.74, 6) is 2.64. The number of benzene rings is 2. The lowest BCUT2D eigenvalue weighted by Crippen LogP contribution is -2.19. The Labute approximate surface area is 138 Å². The van der Waals surface area contributed by atoms with Gasteiger partial charge in [0.25, 0.3) is 0 Å². The van der Waals surface area contributed by atoms with Crippen LogP contribution < -0.4 is 18.9 Å². The van der Waals surface area contributed by atoms with E-state index in [2.05, 4.69) is 6.07 Å². The number of carbonyl (C=O) groups excluding carboxylic acids is 1. The second-order valence-electron chi connectivity index (χ2n) is 5.95. The Hall–Kier alpha value is -2.95. The first-order valence-electron chi connectivity index (χ1n) is 7.85. The molecule has 24 heavy (non-hydrogen) atoms. The average Bonchev–Trinajstić information content (AvgIpc) is 3.24. The van der Waals surface area contributed by atoms with Gasteiger partial charge in [0.05, 0.1) is 12.2 Å². The number of carbonyl (C=O) groups is 1. The van der Waals surface area contributed by atoms with Crippen LogP contribution in [-0.2, 0) is 6.42 Å². The monoisotopic (exact) mass is 322 g/mol. The predicted octanol–water partition coefficient (Wildman–Crippen LogP) is 3.01. The summed E-state index contributed by atoms with van der Waals surface area (Å²) in [6, 6.07) is 9.40. The third-order valence-corrected chi connectivity index (χ3v) is 4.45. The predicted molar refractivity (Wildman–Crippen MR) is 86.0 cm³/mol. The van der Waals surface area contributed by atoms with Gasteiger partial charge in [-0.2, -0.15) is 0 Å². The SMILES string of the molecule is O=C1/C(=C/c2ccc3c(c2)CCO3)COc2cc3c(cc21)OCO3. The molecule has 3 aliphatic heterocycles. The van der Waals surface area contributed by atoms with Crippen molar-refractivity contribution in [1.82, 2.24) is 0 Å². The zero-order chi connectivity index (χ0) is 16.1. The van der Waals surface area contributed by atoms with Crippen LogP contribution in [0.2, 0.25) is 0 Å². The van der Waals surface area contributed by atoms with E-state index in [1.54, 1.807) is 12.1 Å². The van der Waals surface area contributed by atoms with Gasteiger partial charge in [-0.1, -0.05) is 6.07 Å². The maximum absolute atomic E-state index is 12.8. The minimum absolute atomic E-state index is 0.0358. The summed E-state index contributed by atoms with van der Waals surface area (Å²) in [6.07, 6.45) is 2.79. The second kappa shape index (κ2) is 5.03. The molecule has 0 aliphatic carbocycles. The molecule has 0 saturated carbocycles. The molecule has 2 aromatic carbocycles. The summed E-state index contributed by atoms with van der Waals surface area (Å²) in [4.78, 5) is 12.8. The minimum Gasteiger partial charge on any atom is -0.493 e. The molecule has 5 nitrogen and oxygen atoms in total. The molecule has 2 aromatic rings. The highest BCUT2D eigenvalue weighted by Gasteiger charge is 2.28. The lowest BCUT2D eigenvalue weighted by Gasteiger charge is -2.19. The van der Waals surface area contributed by atoms with Gasteiger partial charge < -0.3 is 18.9 Å². The number of ether oxygens (including phenoxy) is 4. The minimum atomic E-state index is -0.0358. The van der Waals surface area contributed by atoms with Gasteiger partial charge in [-0.3, -0.25) is 4.79 Å². The maximum atomic E-state index is 12.8. The van der Waals surface area contributed by atoms with Gasteiger partial charge in [-0.15, -0.1) is 0 Å². The number of fused-ring (bicyclic) bond motifs is 3. The van der Waals surface area contributed by atoms with Crippen LogP contribution in [0.5, 0.6) is 23.0 Å². The van der Waals surface area contributed by atoms with Crippen LogP contribution in [0, 0.1) is 0 Å². The van der Waals surface area contributed by atoms with Gasteiger partial charge in [-0.25, -0.2) is 0 Å². The summed E-state index contributed by atoms with van der Waals surface area (Å²) >= 11 is 0. The molecule has 5 heteroatoms. The van der Waals surface area contributed by atoms with Crippen molar-refractivity contribution in [3.05, 3.63) is 52.6 Å². The van der Waals surface area contributed by atoms with Crippen LogP contribution in [0.4, 0.5) is 0 Å². The van der Waals surface area contributed by atoms with E-state index in [0.29, 0.717) is 28.4 Å². The van der Waals surface area contributed by atoms with E-state index in [0.717, 1.165) is 24.3 Å². The van der Waals surface area contributed by atoms with Crippen molar-refractivity contribution in [3.8, 4) is 23.0 Å². The van der Waals surface area contributed by atoms with Gasteiger partial charge in [0.15, 0.2) is 17.3 Å². The van der Waals surface area contributed by atoms with Gasteiger partial charge in [0.1, 0.15) is 18.1 Å². The molecule has 0 aromatic heterocycles. The summed E-state index contributed by atoms with van der Waals surface area (Å²) in [6.45, 7) is 1.14. The van der Waals surface area contributed by atoms with E-state index < -0.39 is 0 Å². The summed E-state index contributed by atoms with van der Waals surface area (Å²) in [7, 11) is 0. The highest BCUT2D eigenvalue weighted by atomic mass is 16.7. The Kier molecular flexibility index (Phi) is 2.82. The van der Waals surface area contributed by atoms with Crippen molar-refractivity contribution in [1.29, 1.82) is 0 Å².